The van der Waals surface area contributed by atoms with E-state index in [1.807, 2.05) is 97.9 Å². The maximum atomic E-state index is 13.6. The molecule has 0 aliphatic rings. The molecule has 0 spiro atoms. The van der Waals surface area contributed by atoms with Crippen LogP contribution in [0.3, 0.4) is 0 Å². The van der Waals surface area contributed by atoms with Gasteiger partial charge in [0.15, 0.2) is 11.2 Å². The molecule has 5 aromatic rings. The van der Waals surface area contributed by atoms with Gasteiger partial charge in [0.1, 0.15) is 6.54 Å². The Labute approximate surface area is 213 Å². The highest BCUT2D eigenvalue weighted by molar-refractivity contribution is 5.77. The summed E-state index contributed by atoms with van der Waals surface area (Å²) in [5, 5.41) is 3.02. The Balaban J connectivity index is 1.54. The van der Waals surface area contributed by atoms with Crippen molar-refractivity contribution < 1.29 is 4.79 Å². The van der Waals surface area contributed by atoms with Gasteiger partial charge in [-0.15, -0.1) is 0 Å². The molecule has 186 valence electrons. The van der Waals surface area contributed by atoms with Crippen molar-refractivity contribution in [3.05, 3.63) is 135 Å². The van der Waals surface area contributed by atoms with E-state index in [1.165, 1.54) is 4.57 Å². The lowest BCUT2D eigenvalue weighted by atomic mass is 9.99. The van der Waals surface area contributed by atoms with Crippen molar-refractivity contribution in [2.75, 3.05) is 0 Å². The summed E-state index contributed by atoms with van der Waals surface area (Å²) < 4.78 is 4.16. The molecule has 3 aromatic carbocycles. The first-order valence-corrected chi connectivity index (χ1v) is 12.2. The quantitative estimate of drug-likeness (QED) is 0.359. The van der Waals surface area contributed by atoms with Gasteiger partial charge in [0.25, 0.3) is 5.56 Å². The van der Waals surface area contributed by atoms with Crippen LogP contribution < -0.4 is 16.6 Å². The number of carbonyl (C=O) groups is 1. The average Bonchev–Trinajstić information content (AvgIpc) is 3.38. The first-order valence-electron chi connectivity index (χ1n) is 12.2. The van der Waals surface area contributed by atoms with Crippen molar-refractivity contribution >= 4 is 17.1 Å². The van der Waals surface area contributed by atoms with E-state index >= 15 is 0 Å². The topological polar surface area (TPSA) is 90.9 Å². The molecule has 8 nitrogen and oxygen atoms in total. The number of nitrogens with zero attached hydrogens (tertiary/aromatic N) is 4. The van der Waals surface area contributed by atoms with Crippen LogP contribution in [0.2, 0.25) is 0 Å². The molecule has 1 N–H and O–H groups in total. The fourth-order valence-corrected chi connectivity index (χ4v) is 4.53. The van der Waals surface area contributed by atoms with E-state index in [9.17, 15) is 14.4 Å². The van der Waals surface area contributed by atoms with Gasteiger partial charge in [0.05, 0.1) is 18.9 Å². The van der Waals surface area contributed by atoms with E-state index in [-0.39, 0.29) is 6.54 Å². The molecule has 0 radical (unpaired) electrons. The molecule has 0 saturated heterocycles. The summed E-state index contributed by atoms with van der Waals surface area (Å²) in [4.78, 5) is 44.7. The number of carbonyl (C=O) groups excluding carboxylic acids is 1. The van der Waals surface area contributed by atoms with Gasteiger partial charge in [-0.1, -0.05) is 91.0 Å². The smallest absolute Gasteiger partial charge is 0.333 e. The predicted octanol–water partition coefficient (Wildman–Crippen LogP) is 3.33. The molecule has 0 atom stereocenters. The van der Waals surface area contributed by atoms with Gasteiger partial charge in [-0.25, -0.2) is 14.3 Å². The van der Waals surface area contributed by atoms with Gasteiger partial charge in [0, 0.05) is 6.54 Å². The van der Waals surface area contributed by atoms with E-state index in [2.05, 4.69) is 10.3 Å². The minimum absolute atomic E-state index is 0.232. The highest BCUT2D eigenvalue weighted by Crippen LogP contribution is 2.21. The second kappa shape index (κ2) is 10.5. The Morgan fingerprint density at radius 3 is 1.97 bits per heavy atom. The highest BCUT2D eigenvalue weighted by Gasteiger charge is 2.22. The van der Waals surface area contributed by atoms with Gasteiger partial charge < -0.3 is 9.88 Å². The molecular formula is C29H27N5O3. The van der Waals surface area contributed by atoms with Crippen molar-refractivity contribution in [3.63, 3.8) is 0 Å². The zero-order chi connectivity index (χ0) is 25.8. The number of nitrogens with one attached hydrogen (secondary N) is 1. The van der Waals surface area contributed by atoms with Crippen LogP contribution in [0.25, 0.3) is 11.2 Å². The average molecular weight is 494 g/mol. The molecule has 0 bridgehead atoms. The van der Waals surface area contributed by atoms with Gasteiger partial charge in [-0.05, 0) is 23.6 Å². The minimum Gasteiger partial charge on any atom is -0.344 e. The molecule has 37 heavy (non-hydrogen) atoms. The summed E-state index contributed by atoms with van der Waals surface area (Å²) in [5.41, 5.74) is 2.19. The molecule has 2 aromatic heterocycles. The third-order valence-corrected chi connectivity index (χ3v) is 6.38. The maximum absolute atomic E-state index is 13.6. The molecule has 2 heterocycles. The van der Waals surface area contributed by atoms with E-state index < -0.39 is 29.7 Å². The first kappa shape index (κ1) is 24.0. The molecule has 1 amide bonds. The van der Waals surface area contributed by atoms with E-state index in [0.717, 1.165) is 21.3 Å². The Kier molecular flexibility index (Phi) is 6.81. The molecule has 0 aliphatic carbocycles. The SMILES string of the molecule is CCn1cnc2c1c(=O)n(CC(=O)NC(c1ccccc1)c1ccccc1)c(=O)n2Cc1ccccc1. The molecule has 0 aliphatic heterocycles. The van der Waals surface area contributed by atoms with Gasteiger partial charge >= 0.3 is 5.69 Å². The molecule has 8 heteroatoms. The van der Waals surface area contributed by atoms with Crippen LogP contribution in [-0.2, 0) is 24.4 Å². The second-order valence-electron chi connectivity index (χ2n) is 8.77. The van der Waals surface area contributed by atoms with Gasteiger partial charge in [-0.2, -0.15) is 0 Å². The van der Waals surface area contributed by atoms with Gasteiger partial charge in [-0.3, -0.25) is 14.2 Å². The van der Waals surface area contributed by atoms with Crippen molar-refractivity contribution in [1.82, 2.24) is 24.0 Å². The Hall–Kier alpha value is -4.72. The molecule has 5 rings (SSSR count). The van der Waals surface area contributed by atoms with Crippen LogP contribution in [0, 0.1) is 0 Å². The lowest BCUT2D eigenvalue weighted by Gasteiger charge is -2.20. The van der Waals surface area contributed by atoms with Crippen molar-refractivity contribution in [3.8, 4) is 0 Å². The normalized spacial score (nSPS) is 11.2. The lowest BCUT2D eigenvalue weighted by Crippen LogP contribution is -2.45. The van der Waals surface area contributed by atoms with Crippen LogP contribution >= 0.6 is 0 Å². The predicted molar refractivity (Wildman–Crippen MR) is 142 cm³/mol. The standard InChI is InChI=1S/C29H27N5O3/c1-2-32-20-30-27-26(32)28(36)34(29(37)33(27)18-21-12-6-3-7-13-21)19-24(35)31-25(22-14-8-4-9-15-22)23-16-10-5-11-17-23/h3-17,20,25H,2,18-19H2,1H3,(H,31,35). The zero-order valence-electron chi connectivity index (χ0n) is 20.4. The fourth-order valence-electron chi connectivity index (χ4n) is 4.53. The third-order valence-electron chi connectivity index (χ3n) is 6.38. The molecular weight excluding hydrogens is 466 g/mol. The van der Waals surface area contributed by atoms with Crippen molar-refractivity contribution in [2.24, 2.45) is 0 Å². The number of imidazole rings is 1. The van der Waals surface area contributed by atoms with Crippen LogP contribution in [0.5, 0.6) is 0 Å². The minimum atomic E-state index is -0.575. The van der Waals surface area contributed by atoms with Crippen LogP contribution in [0.1, 0.15) is 29.7 Å². The largest absolute Gasteiger partial charge is 0.344 e. The van der Waals surface area contributed by atoms with E-state index in [4.69, 9.17) is 0 Å². The number of amides is 1. The van der Waals surface area contributed by atoms with E-state index in [0.29, 0.717) is 17.7 Å². The number of benzene rings is 3. The number of rotatable bonds is 8. The summed E-state index contributed by atoms with van der Waals surface area (Å²) in [6.07, 6.45) is 1.55. The summed E-state index contributed by atoms with van der Waals surface area (Å²) in [7, 11) is 0. The third kappa shape index (κ3) is 4.86. The number of aromatic nitrogens is 4. The summed E-state index contributed by atoms with van der Waals surface area (Å²) in [5.74, 6) is -0.440. The first-order chi connectivity index (χ1) is 18.1. The van der Waals surface area contributed by atoms with Crippen LogP contribution in [0.15, 0.2) is 107 Å². The fraction of sp³-hybridized carbons (Fsp3) is 0.172. The number of hydrogen-bond acceptors (Lipinski definition) is 4. The Morgan fingerprint density at radius 2 is 1.41 bits per heavy atom. The second-order valence-corrected chi connectivity index (χ2v) is 8.77. The number of fused-ring (bicyclic) bond motifs is 1. The van der Waals surface area contributed by atoms with Crippen LogP contribution in [0.4, 0.5) is 0 Å². The van der Waals surface area contributed by atoms with Crippen molar-refractivity contribution in [1.29, 1.82) is 0 Å². The monoisotopic (exact) mass is 493 g/mol. The van der Waals surface area contributed by atoms with Crippen LogP contribution in [-0.4, -0.2) is 24.6 Å². The molecule has 0 saturated carbocycles. The molecule has 0 unspecified atom stereocenters. The van der Waals surface area contributed by atoms with Crippen molar-refractivity contribution in [2.45, 2.75) is 32.6 Å². The summed E-state index contributed by atoms with van der Waals surface area (Å²) >= 11 is 0. The summed E-state index contributed by atoms with van der Waals surface area (Å²) in [6, 6.07) is 28.2. The van der Waals surface area contributed by atoms with Gasteiger partial charge in [0.2, 0.25) is 5.91 Å². The Bertz CT molecular complexity index is 1600. The Morgan fingerprint density at radius 1 is 0.838 bits per heavy atom. The highest BCUT2D eigenvalue weighted by atomic mass is 16.2. The number of aryl methyl sites for hydroxylation is 1. The number of hydrogen-bond donors (Lipinski definition) is 1. The summed E-state index contributed by atoms with van der Waals surface area (Å²) in [6.45, 7) is 2.23. The zero-order valence-corrected chi connectivity index (χ0v) is 20.4. The van der Waals surface area contributed by atoms with E-state index in [1.54, 1.807) is 10.9 Å². The lowest BCUT2D eigenvalue weighted by molar-refractivity contribution is -0.122. The maximum Gasteiger partial charge on any atom is 0.333 e. The molecule has 0 fully saturated rings.